The smallest absolute Gasteiger partial charge is 0.239 e. The fraction of sp³-hybridized carbons (Fsp3) is 0.667. The molecule has 0 aliphatic rings. The standard InChI is InChI=1S/C6H13N2O2/c1-3-8-6(10)5(7)4(2)9/h4-5,9H,1,3,7H2,2H3,(H,8,10). The average Bonchev–Trinajstić information content (AvgIpc) is 1.87. The fourth-order valence-electron chi connectivity index (χ4n) is 0.460. The maximum atomic E-state index is 10.7. The van der Waals surface area contributed by atoms with E-state index in [-0.39, 0.29) is 5.91 Å². The van der Waals surface area contributed by atoms with Crippen LogP contribution in [-0.4, -0.2) is 29.7 Å². The molecule has 2 unspecified atom stereocenters. The van der Waals surface area contributed by atoms with Crippen molar-refractivity contribution in [3.8, 4) is 0 Å². The highest BCUT2D eigenvalue weighted by molar-refractivity contribution is 5.82. The third-order valence-electron chi connectivity index (χ3n) is 1.12. The van der Waals surface area contributed by atoms with Crippen LogP contribution in [0, 0.1) is 6.92 Å². The molecule has 0 fully saturated rings. The Morgan fingerprint density at radius 1 is 1.90 bits per heavy atom. The zero-order valence-electron chi connectivity index (χ0n) is 6.00. The summed E-state index contributed by atoms with van der Waals surface area (Å²) in [4.78, 5) is 10.7. The Morgan fingerprint density at radius 3 is 2.70 bits per heavy atom. The number of nitrogens with two attached hydrogens (primary N) is 1. The molecule has 0 saturated heterocycles. The first-order chi connectivity index (χ1) is 4.59. The summed E-state index contributed by atoms with van der Waals surface area (Å²) >= 11 is 0. The van der Waals surface area contributed by atoms with Gasteiger partial charge in [0.25, 0.3) is 0 Å². The highest BCUT2D eigenvalue weighted by Crippen LogP contribution is 1.86. The third kappa shape index (κ3) is 2.80. The first kappa shape index (κ1) is 9.39. The summed E-state index contributed by atoms with van der Waals surface area (Å²) in [5.74, 6) is -0.370. The molecule has 0 heterocycles. The summed E-state index contributed by atoms with van der Waals surface area (Å²) in [6.45, 7) is 5.15. The zero-order valence-corrected chi connectivity index (χ0v) is 6.00. The first-order valence-corrected chi connectivity index (χ1v) is 3.10. The van der Waals surface area contributed by atoms with E-state index in [1.165, 1.54) is 6.92 Å². The Balaban J connectivity index is 3.71. The molecule has 59 valence electrons. The molecular weight excluding hydrogens is 132 g/mol. The van der Waals surface area contributed by atoms with Crippen LogP contribution >= 0.6 is 0 Å². The molecule has 0 spiro atoms. The SMILES string of the molecule is [CH2]CNC(=O)C(N)C(C)O. The highest BCUT2D eigenvalue weighted by atomic mass is 16.3. The molecule has 10 heavy (non-hydrogen) atoms. The van der Waals surface area contributed by atoms with Gasteiger partial charge in [-0.15, -0.1) is 0 Å². The van der Waals surface area contributed by atoms with E-state index in [1.807, 2.05) is 0 Å². The van der Waals surface area contributed by atoms with Gasteiger partial charge in [0.15, 0.2) is 0 Å². The molecule has 0 rings (SSSR count). The predicted molar refractivity (Wildman–Crippen MR) is 38.0 cm³/mol. The first-order valence-electron chi connectivity index (χ1n) is 3.10. The lowest BCUT2D eigenvalue weighted by atomic mass is 10.2. The number of hydrogen-bond acceptors (Lipinski definition) is 3. The van der Waals surface area contributed by atoms with Crippen molar-refractivity contribution < 1.29 is 9.90 Å². The minimum absolute atomic E-state index is 0.291. The number of nitrogens with one attached hydrogen (secondary N) is 1. The third-order valence-corrected chi connectivity index (χ3v) is 1.12. The van der Waals surface area contributed by atoms with Crippen LogP contribution in [0.2, 0.25) is 0 Å². The van der Waals surface area contributed by atoms with Gasteiger partial charge in [0.05, 0.1) is 6.10 Å². The lowest BCUT2D eigenvalue weighted by Gasteiger charge is -2.12. The average molecular weight is 145 g/mol. The van der Waals surface area contributed by atoms with Crippen LogP contribution in [0.15, 0.2) is 0 Å². The van der Waals surface area contributed by atoms with E-state index in [9.17, 15) is 4.79 Å². The Bertz CT molecular complexity index is 114. The monoisotopic (exact) mass is 145 g/mol. The van der Waals surface area contributed by atoms with E-state index in [2.05, 4.69) is 12.2 Å². The second-order valence-corrected chi connectivity index (χ2v) is 2.06. The van der Waals surface area contributed by atoms with Crippen molar-refractivity contribution in [3.63, 3.8) is 0 Å². The maximum Gasteiger partial charge on any atom is 0.239 e. The van der Waals surface area contributed by atoms with E-state index in [1.54, 1.807) is 0 Å². The number of aliphatic hydroxyl groups is 1. The zero-order chi connectivity index (χ0) is 8.15. The van der Waals surface area contributed by atoms with Crippen LogP contribution in [0.1, 0.15) is 6.92 Å². The van der Waals surface area contributed by atoms with Gasteiger partial charge >= 0.3 is 0 Å². The van der Waals surface area contributed by atoms with Crippen molar-refractivity contribution in [1.82, 2.24) is 5.32 Å². The fourth-order valence-corrected chi connectivity index (χ4v) is 0.460. The number of aliphatic hydroxyl groups excluding tert-OH is 1. The van der Waals surface area contributed by atoms with Crippen LogP contribution in [0.25, 0.3) is 0 Å². The quantitative estimate of drug-likeness (QED) is 0.459. The second kappa shape index (κ2) is 4.24. The Hall–Kier alpha value is -0.610. The molecule has 1 radical (unpaired) electrons. The molecule has 2 atom stereocenters. The number of carbonyl (C=O) groups excluding carboxylic acids is 1. The summed E-state index contributed by atoms with van der Waals surface area (Å²) in [5.41, 5.74) is 5.26. The van der Waals surface area contributed by atoms with E-state index in [4.69, 9.17) is 10.8 Å². The van der Waals surface area contributed by atoms with Crippen LogP contribution in [0.4, 0.5) is 0 Å². The normalized spacial score (nSPS) is 16.0. The minimum Gasteiger partial charge on any atom is -0.391 e. The molecular formula is C6H13N2O2. The van der Waals surface area contributed by atoms with Gasteiger partial charge in [-0.25, -0.2) is 0 Å². The number of hydrogen-bond donors (Lipinski definition) is 3. The number of amides is 1. The van der Waals surface area contributed by atoms with Crippen LogP contribution in [-0.2, 0) is 4.79 Å². The van der Waals surface area contributed by atoms with Crippen molar-refractivity contribution >= 4 is 5.91 Å². The van der Waals surface area contributed by atoms with Crippen molar-refractivity contribution in [2.75, 3.05) is 6.54 Å². The highest BCUT2D eigenvalue weighted by Gasteiger charge is 2.16. The van der Waals surface area contributed by atoms with Gasteiger partial charge in [0, 0.05) is 6.54 Å². The van der Waals surface area contributed by atoms with Crippen molar-refractivity contribution in [3.05, 3.63) is 6.92 Å². The molecule has 4 nitrogen and oxygen atoms in total. The molecule has 0 aromatic heterocycles. The van der Waals surface area contributed by atoms with Gasteiger partial charge in [0.2, 0.25) is 5.91 Å². The Labute approximate surface area is 60.4 Å². The van der Waals surface area contributed by atoms with E-state index in [0.717, 1.165) is 0 Å². The van der Waals surface area contributed by atoms with Gasteiger partial charge in [-0.2, -0.15) is 0 Å². The number of rotatable bonds is 3. The van der Waals surface area contributed by atoms with Crippen molar-refractivity contribution in [1.29, 1.82) is 0 Å². The predicted octanol–water partition coefficient (Wildman–Crippen LogP) is -1.36. The summed E-state index contributed by atoms with van der Waals surface area (Å²) < 4.78 is 0. The molecule has 0 aliphatic heterocycles. The lowest BCUT2D eigenvalue weighted by Crippen LogP contribution is -2.47. The summed E-state index contributed by atoms with van der Waals surface area (Å²) in [6.07, 6.45) is -0.813. The molecule has 0 aliphatic carbocycles. The Kier molecular flexibility index (Phi) is 3.99. The molecule has 0 aromatic carbocycles. The van der Waals surface area contributed by atoms with Crippen molar-refractivity contribution in [2.24, 2.45) is 5.73 Å². The second-order valence-electron chi connectivity index (χ2n) is 2.06. The summed E-state index contributed by atoms with van der Waals surface area (Å²) in [6, 6.07) is -0.846. The summed E-state index contributed by atoms with van der Waals surface area (Å²) in [7, 11) is 0. The van der Waals surface area contributed by atoms with Crippen LogP contribution in [0.5, 0.6) is 0 Å². The van der Waals surface area contributed by atoms with Gasteiger partial charge in [0.1, 0.15) is 6.04 Å². The molecule has 4 N–H and O–H groups in total. The van der Waals surface area contributed by atoms with Crippen molar-refractivity contribution in [2.45, 2.75) is 19.1 Å². The molecule has 4 heteroatoms. The van der Waals surface area contributed by atoms with Gasteiger partial charge in [-0.1, -0.05) is 0 Å². The van der Waals surface area contributed by atoms with Crippen LogP contribution < -0.4 is 11.1 Å². The van der Waals surface area contributed by atoms with Gasteiger partial charge in [-0.3, -0.25) is 4.79 Å². The van der Waals surface area contributed by atoms with Crippen LogP contribution in [0.3, 0.4) is 0 Å². The number of carbonyl (C=O) groups is 1. The molecule has 0 saturated carbocycles. The summed E-state index contributed by atoms with van der Waals surface area (Å²) in [5, 5.41) is 11.2. The molecule has 1 amide bonds. The van der Waals surface area contributed by atoms with E-state index < -0.39 is 12.1 Å². The largest absolute Gasteiger partial charge is 0.391 e. The van der Waals surface area contributed by atoms with Gasteiger partial charge in [-0.05, 0) is 13.8 Å². The van der Waals surface area contributed by atoms with Gasteiger partial charge < -0.3 is 16.2 Å². The molecule has 0 bridgehead atoms. The topological polar surface area (TPSA) is 75.4 Å². The Morgan fingerprint density at radius 2 is 2.40 bits per heavy atom. The lowest BCUT2D eigenvalue weighted by molar-refractivity contribution is -0.124. The van der Waals surface area contributed by atoms with E-state index in [0.29, 0.717) is 6.54 Å². The maximum absolute atomic E-state index is 10.7. The molecule has 0 aromatic rings. The van der Waals surface area contributed by atoms with E-state index >= 15 is 0 Å². The minimum atomic E-state index is -0.846.